The van der Waals surface area contributed by atoms with Gasteiger partial charge in [0.15, 0.2) is 0 Å². The lowest BCUT2D eigenvalue weighted by atomic mass is 10.0. The molecule has 0 heterocycles. The van der Waals surface area contributed by atoms with Crippen LogP contribution in [0.15, 0.2) is 24.3 Å². The molecule has 0 bridgehead atoms. The minimum Gasteiger partial charge on any atom is -0.375 e. The topological polar surface area (TPSA) is 15.3 Å². The molecule has 0 saturated carbocycles. The van der Waals surface area contributed by atoms with Gasteiger partial charge in [0.25, 0.3) is 0 Å². The molecule has 1 N–H and O–H groups in total. The highest BCUT2D eigenvalue weighted by atomic mass is 15.1. The Labute approximate surface area is 112 Å². The van der Waals surface area contributed by atoms with Gasteiger partial charge in [0.2, 0.25) is 0 Å². The molecule has 18 heavy (non-hydrogen) atoms. The van der Waals surface area contributed by atoms with Crippen molar-refractivity contribution in [1.29, 1.82) is 0 Å². The van der Waals surface area contributed by atoms with E-state index in [0.29, 0.717) is 6.04 Å². The molecule has 0 radical (unpaired) electrons. The van der Waals surface area contributed by atoms with Crippen LogP contribution in [-0.2, 0) is 0 Å². The van der Waals surface area contributed by atoms with E-state index in [0.717, 1.165) is 19.5 Å². The fourth-order valence-electron chi connectivity index (χ4n) is 2.23. The van der Waals surface area contributed by atoms with Crippen molar-refractivity contribution in [2.24, 2.45) is 0 Å². The average Bonchev–Trinajstić information content (AvgIpc) is 2.42. The summed E-state index contributed by atoms with van der Waals surface area (Å²) < 4.78 is 0. The molecular weight excluding hydrogens is 220 g/mol. The standard InChI is InChI=1S/C16H28N2/c1-5-8-13-18(4)15-11-9-14(10-12-15)16(6-2)17-7-3/h9-12,16-17H,5-8,13H2,1-4H3. The van der Waals surface area contributed by atoms with Crippen LogP contribution in [0, 0.1) is 0 Å². The number of rotatable bonds is 8. The van der Waals surface area contributed by atoms with Gasteiger partial charge in [-0.1, -0.05) is 39.3 Å². The van der Waals surface area contributed by atoms with Crippen LogP contribution in [0.4, 0.5) is 5.69 Å². The lowest BCUT2D eigenvalue weighted by Crippen LogP contribution is -2.21. The van der Waals surface area contributed by atoms with Gasteiger partial charge in [-0.3, -0.25) is 0 Å². The van der Waals surface area contributed by atoms with Crippen molar-refractivity contribution in [3.05, 3.63) is 29.8 Å². The molecule has 1 aromatic rings. The number of benzene rings is 1. The molecule has 0 aromatic heterocycles. The Morgan fingerprint density at radius 1 is 1.11 bits per heavy atom. The molecule has 0 saturated heterocycles. The Bertz CT molecular complexity index is 318. The summed E-state index contributed by atoms with van der Waals surface area (Å²) in [6.07, 6.45) is 3.65. The Balaban J connectivity index is 2.66. The summed E-state index contributed by atoms with van der Waals surface area (Å²) in [7, 11) is 2.17. The Kier molecular flexibility index (Phi) is 6.81. The van der Waals surface area contributed by atoms with Crippen molar-refractivity contribution < 1.29 is 0 Å². The van der Waals surface area contributed by atoms with Gasteiger partial charge < -0.3 is 10.2 Å². The van der Waals surface area contributed by atoms with Gasteiger partial charge >= 0.3 is 0 Å². The normalized spacial score (nSPS) is 12.4. The molecule has 2 heteroatoms. The number of nitrogens with zero attached hydrogens (tertiary/aromatic N) is 1. The SMILES string of the molecule is CCCCN(C)c1ccc(C(CC)NCC)cc1. The van der Waals surface area contributed by atoms with E-state index < -0.39 is 0 Å². The quantitative estimate of drug-likeness (QED) is 0.748. The lowest BCUT2D eigenvalue weighted by molar-refractivity contribution is 0.537. The van der Waals surface area contributed by atoms with E-state index in [-0.39, 0.29) is 0 Å². The maximum absolute atomic E-state index is 3.52. The van der Waals surface area contributed by atoms with Gasteiger partial charge in [-0.15, -0.1) is 0 Å². The van der Waals surface area contributed by atoms with Crippen LogP contribution in [0.1, 0.15) is 51.6 Å². The van der Waals surface area contributed by atoms with Crippen molar-refractivity contribution in [2.45, 2.75) is 46.1 Å². The zero-order valence-corrected chi connectivity index (χ0v) is 12.4. The first kappa shape index (κ1) is 15.0. The van der Waals surface area contributed by atoms with Gasteiger partial charge in [-0.05, 0) is 37.1 Å². The minimum absolute atomic E-state index is 0.491. The molecule has 1 aromatic carbocycles. The van der Waals surface area contributed by atoms with Crippen LogP contribution in [0.3, 0.4) is 0 Å². The zero-order chi connectivity index (χ0) is 13.4. The smallest absolute Gasteiger partial charge is 0.0363 e. The third kappa shape index (κ3) is 4.34. The van der Waals surface area contributed by atoms with E-state index in [1.807, 2.05) is 0 Å². The molecule has 1 atom stereocenters. The monoisotopic (exact) mass is 248 g/mol. The van der Waals surface area contributed by atoms with Crippen molar-refractivity contribution >= 4 is 5.69 Å². The molecule has 0 aliphatic rings. The molecule has 0 amide bonds. The molecule has 0 fully saturated rings. The number of hydrogen-bond donors (Lipinski definition) is 1. The summed E-state index contributed by atoms with van der Waals surface area (Å²) in [5.74, 6) is 0. The van der Waals surface area contributed by atoms with Crippen molar-refractivity contribution in [3.63, 3.8) is 0 Å². The molecule has 2 nitrogen and oxygen atoms in total. The van der Waals surface area contributed by atoms with Gasteiger partial charge in [0.1, 0.15) is 0 Å². The highest BCUT2D eigenvalue weighted by Crippen LogP contribution is 2.20. The summed E-state index contributed by atoms with van der Waals surface area (Å²) in [5, 5.41) is 3.52. The van der Waals surface area contributed by atoms with Crippen LogP contribution in [0.2, 0.25) is 0 Å². The van der Waals surface area contributed by atoms with Crippen molar-refractivity contribution in [3.8, 4) is 0 Å². The second-order valence-corrected chi connectivity index (χ2v) is 4.89. The molecule has 1 unspecified atom stereocenters. The largest absolute Gasteiger partial charge is 0.375 e. The number of anilines is 1. The first-order chi connectivity index (χ1) is 8.72. The van der Waals surface area contributed by atoms with Crippen LogP contribution in [-0.4, -0.2) is 20.1 Å². The zero-order valence-electron chi connectivity index (χ0n) is 12.4. The predicted molar refractivity (Wildman–Crippen MR) is 81.3 cm³/mol. The Morgan fingerprint density at radius 2 is 1.78 bits per heavy atom. The summed E-state index contributed by atoms with van der Waals surface area (Å²) in [4.78, 5) is 2.33. The lowest BCUT2D eigenvalue weighted by Gasteiger charge is -2.21. The van der Waals surface area contributed by atoms with Crippen LogP contribution < -0.4 is 10.2 Å². The second kappa shape index (κ2) is 8.15. The summed E-state index contributed by atoms with van der Waals surface area (Å²) in [5.41, 5.74) is 2.71. The predicted octanol–water partition coefficient (Wildman–Crippen LogP) is 3.98. The fraction of sp³-hybridized carbons (Fsp3) is 0.625. The van der Waals surface area contributed by atoms with E-state index in [1.165, 1.54) is 24.1 Å². The fourth-order valence-corrected chi connectivity index (χ4v) is 2.23. The third-order valence-electron chi connectivity index (χ3n) is 3.44. The number of unbranched alkanes of at least 4 members (excludes halogenated alkanes) is 1. The van der Waals surface area contributed by atoms with Crippen molar-refractivity contribution in [1.82, 2.24) is 5.32 Å². The highest BCUT2D eigenvalue weighted by Gasteiger charge is 2.07. The Hall–Kier alpha value is -1.02. The second-order valence-electron chi connectivity index (χ2n) is 4.89. The molecular formula is C16H28N2. The van der Waals surface area contributed by atoms with Crippen LogP contribution in [0.25, 0.3) is 0 Å². The summed E-state index contributed by atoms with van der Waals surface area (Å²) >= 11 is 0. The number of nitrogens with one attached hydrogen (secondary N) is 1. The van der Waals surface area contributed by atoms with Crippen molar-refractivity contribution in [2.75, 3.05) is 25.0 Å². The van der Waals surface area contributed by atoms with E-state index in [2.05, 4.69) is 62.3 Å². The maximum Gasteiger partial charge on any atom is 0.0363 e. The first-order valence-corrected chi connectivity index (χ1v) is 7.27. The van der Waals surface area contributed by atoms with Crippen LogP contribution in [0.5, 0.6) is 0 Å². The van der Waals surface area contributed by atoms with Gasteiger partial charge in [-0.2, -0.15) is 0 Å². The first-order valence-electron chi connectivity index (χ1n) is 7.27. The van der Waals surface area contributed by atoms with Gasteiger partial charge in [-0.25, -0.2) is 0 Å². The van der Waals surface area contributed by atoms with E-state index >= 15 is 0 Å². The highest BCUT2D eigenvalue weighted by molar-refractivity contribution is 5.47. The molecule has 0 spiro atoms. The average molecular weight is 248 g/mol. The van der Waals surface area contributed by atoms with Gasteiger partial charge in [0, 0.05) is 25.3 Å². The summed E-state index contributed by atoms with van der Waals surface area (Å²) in [6.45, 7) is 8.79. The number of hydrogen-bond acceptors (Lipinski definition) is 2. The molecule has 1 rings (SSSR count). The van der Waals surface area contributed by atoms with E-state index in [4.69, 9.17) is 0 Å². The van der Waals surface area contributed by atoms with Crippen LogP contribution >= 0.6 is 0 Å². The van der Waals surface area contributed by atoms with E-state index in [1.54, 1.807) is 0 Å². The molecule has 102 valence electrons. The minimum atomic E-state index is 0.491. The Morgan fingerprint density at radius 3 is 2.28 bits per heavy atom. The molecule has 0 aliphatic heterocycles. The van der Waals surface area contributed by atoms with E-state index in [9.17, 15) is 0 Å². The van der Waals surface area contributed by atoms with Gasteiger partial charge in [0.05, 0.1) is 0 Å². The summed E-state index contributed by atoms with van der Waals surface area (Å²) in [6, 6.07) is 9.49. The maximum atomic E-state index is 3.52. The third-order valence-corrected chi connectivity index (χ3v) is 3.44. The molecule has 0 aliphatic carbocycles.